The molecule has 0 bridgehead atoms. The lowest BCUT2D eigenvalue weighted by atomic mass is 10.2. The fourth-order valence-electron chi connectivity index (χ4n) is 3.05. The number of aliphatic hydroxyl groups is 1. The van der Waals surface area contributed by atoms with Crippen molar-refractivity contribution in [3.05, 3.63) is 42.1 Å². The Kier molecular flexibility index (Phi) is 4.46. The SMILES string of the molecule is CN(CC(=O)O)C1CN(C(=O)c2ccc3ccccc3n2)C[C@H]1O. The Morgan fingerprint density at radius 2 is 2.00 bits per heavy atom. The Labute approximate surface area is 139 Å². The molecule has 1 aliphatic rings. The van der Waals surface area contributed by atoms with E-state index in [1.165, 1.54) is 4.90 Å². The molecule has 0 aliphatic carbocycles. The van der Waals surface area contributed by atoms with Gasteiger partial charge in [-0.1, -0.05) is 24.3 Å². The van der Waals surface area contributed by atoms with Gasteiger partial charge in [-0.2, -0.15) is 0 Å². The minimum atomic E-state index is -0.967. The van der Waals surface area contributed by atoms with Crippen molar-refractivity contribution in [2.24, 2.45) is 0 Å². The smallest absolute Gasteiger partial charge is 0.317 e. The van der Waals surface area contributed by atoms with Crippen molar-refractivity contribution in [1.82, 2.24) is 14.8 Å². The molecule has 1 saturated heterocycles. The summed E-state index contributed by atoms with van der Waals surface area (Å²) < 4.78 is 0. The molecule has 126 valence electrons. The van der Waals surface area contributed by atoms with Crippen LogP contribution in [0.25, 0.3) is 10.9 Å². The van der Waals surface area contributed by atoms with Gasteiger partial charge < -0.3 is 15.1 Å². The first kappa shape index (κ1) is 16.4. The fraction of sp³-hybridized carbons (Fsp3) is 0.353. The number of rotatable bonds is 4. The van der Waals surface area contributed by atoms with Crippen molar-refractivity contribution in [2.45, 2.75) is 12.1 Å². The topological polar surface area (TPSA) is 94.0 Å². The summed E-state index contributed by atoms with van der Waals surface area (Å²) in [6, 6.07) is 10.7. The van der Waals surface area contributed by atoms with Crippen LogP contribution < -0.4 is 0 Å². The summed E-state index contributed by atoms with van der Waals surface area (Å²) in [5.41, 5.74) is 1.06. The third-order valence-corrected chi connectivity index (χ3v) is 4.31. The summed E-state index contributed by atoms with van der Waals surface area (Å²) in [4.78, 5) is 30.9. The molecule has 1 fully saturated rings. The highest BCUT2D eigenvalue weighted by Crippen LogP contribution is 2.19. The summed E-state index contributed by atoms with van der Waals surface area (Å²) in [6.45, 7) is 0.262. The highest BCUT2D eigenvalue weighted by molar-refractivity contribution is 5.95. The van der Waals surface area contributed by atoms with Crippen molar-refractivity contribution in [1.29, 1.82) is 0 Å². The molecule has 7 heteroatoms. The maximum atomic E-state index is 12.6. The third kappa shape index (κ3) is 3.22. The lowest BCUT2D eigenvalue weighted by Gasteiger charge is -2.24. The molecule has 1 unspecified atom stereocenters. The van der Waals surface area contributed by atoms with Crippen LogP contribution in [-0.2, 0) is 4.79 Å². The van der Waals surface area contributed by atoms with Gasteiger partial charge in [-0.15, -0.1) is 0 Å². The largest absolute Gasteiger partial charge is 0.480 e. The van der Waals surface area contributed by atoms with Gasteiger partial charge in [0.25, 0.3) is 5.91 Å². The van der Waals surface area contributed by atoms with Gasteiger partial charge in [-0.05, 0) is 19.2 Å². The number of amides is 1. The minimum absolute atomic E-state index is 0.169. The zero-order chi connectivity index (χ0) is 17.3. The van der Waals surface area contributed by atoms with Gasteiger partial charge in [-0.3, -0.25) is 14.5 Å². The maximum Gasteiger partial charge on any atom is 0.317 e. The molecular weight excluding hydrogens is 310 g/mol. The zero-order valence-corrected chi connectivity index (χ0v) is 13.3. The molecule has 0 spiro atoms. The van der Waals surface area contributed by atoms with Gasteiger partial charge in [0.1, 0.15) is 5.69 Å². The van der Waals surface area contributed by atoms with E-state index in [9.17, 15) is 14.7 Å². The first-order chi connectivity index (χ1) is 11.5. The molecule has 1 amide bonds. The summed E-state index contributed by atoms with van der Waals surface area (Å²) in [5, 5.41) is 20.0. The second-order valence-electron chi connectivity index (χ2n) is 6.04. The van der Waals surface area contributed by atoms with Crippen molar-refractivity contribution >= 4 is 22.8 Å². The Balaban J connectivity index is 1.76. The molecule has 2 heterocycles. The van der Waals surface area contributed by atoms with Gasteiger partial charge in [0.2, 0.25) is 0 Å². The monoisotopic (exact) mass is 329 g/mol. The maximum absolute atomic E-state index is 12.6. The van der Waals surface area contributed by atoms with Crippen LogP contribution in [0, 0.1) is 0 Å². The van der Waals surface area contributed by atoms with E-state index in [1.807, 2.05) is 30.3 Å². The molecule has 1 aliphatic heterocycles. The molecule has 0 radical (unpaired) electrons. The standard InChI is InChI=1S/C17H19N3O4/c1-19(10-16(22)23)14-8-20(9-15(14)21)17(24)13-7-6-11-4-2-3-5-12(11)18-13/h2-7,14-15,21H,8-10H2,1H3,(H,22,23)/t14?,15-/m1/s1. The van der Waals surface area contributed by atoms with Crippen LogP contribution in [0.2, 0.25) is 0 Å². The van der Waals surface area contributed by atoms with Crippen molar-refractivity contribution < 1.29 is 19.8 Å². The van der Waals surface area contributed by atoms with E-state index in [0.717, 1.165) is 10.9 Å². The van der Waals surface area contributed by atoms with E-state index in [4.69, 9.17) is 5.11 Å². The van der Waals surface area contributed by atoms with Crippen LogP contribution in [0.3, 0.4) is 0 Å². The number of β-amino-alcohol motifs (C(OH)–C–C–N with tert-alkyl or cyclic N) is 1. The molecule has 7 nitrogen and oxygen atoms in total. The van der Waals surface area contributed by atoms with E-state index < -0.39 is 18.1 Å². The number of likely N-dealkylation sites (tertiary alicyclic amines) is 1. The predicted molar refractivity (Wildman–Crippen MR) is 87.7 cm³/mol. The zero-order valence-electron chi connectivity index (χ0n) is 13.3. The molecule has 1 aromatic heterocycles. The van der Waals surface area contributed by atoms with Crippen molar-refractivity contribution in [2.75, 3.05) is 26.7 Å². The second kappa shape index (κ2) is 6.54. The van der Waals surface area contributed by atoms with Crippen molar-refractivity contribution in [3.8, 4) is 0 Å². The van der Waals surface area contributed by atoms with Crippen LogP contribution in [0.1, 0.15) is 10.5 Å². The van der Waals surface area contributed by atoms with Crippen LogP contribution in [0.15, 0.2) is 36.4 Å². The number of hydrogen-bond donors (Lipinski definition) is 2. The lowest BCUT2D eigenvalue weighted by molar-refractivity contribution is -0.138. The van der Waals surface area contributed by atoms with Crippen molar-refractivity contribution in [3.63, 3.8) is 0 Å². The van der Waals surface area contributed by atoms with E-state index >= 15 is 0 Å². The molecule has 24 heavy (non-hydrogen) atoms. The van der Waals surface area contributed by atoms with E-state index in [1.54, 1.807) is 18.0 Å². The van der Waals surface area contributed by atoms with Crippen LogP contribution in [0.5, 0.6) is 0 Å². The van der Waals surface area contributed by atoms with Gasteiger partial charge >= 0.3 is 5.97 Å². The summed E-state index contributed by atoms with van der Waals surface area (Å²) in [6.07, 6.45) is -0.779. The first-order valence-electron chi connectivity index (χ1n) is 7.71. The number of carboxylic acids is 1. The highest BCUT2D eigenvalue weighted by atomic mass is 16.4. The summed E-state index contributed by atoms with van der Waals surface area (Å²) in [5.74, 6) is -1.23. The number of pyridine rings is 1. The number of aliphatic hydroxyl groups excluding tert-OH is 1. The normalized spacial score (nSPS) is 20.7. The van der Waals surface area contributed by atoms with Crippen LogP contribution in [0.4, 0.5) is 0 Å². The Bertz CT molecular complexity index is 779. The Morgan fingerprint density at radius 1 is 1.25 bits per heavy atom. The molecule has 1 aromatic carbocycles. The van der Waals surface area contributed by atoms with E-state index in [2.05, 4.69) is 4.98 Å². The fourth-order valence-corrected chi connectivity index (χ4v) is 3.05. The lowest BCUT2D eigenvalue weighted by Crippen LogP contribution is -2.43. The molecule has 2 N–H and O–H groups in total. The summed E-state index contributed by atoms with van der Waals surface area (Å²) >= 11 is 0. The second-order valence-corrected chi connectivity index (χ2v) is 6.04. The van der Waals surface area contributed by atoms with E-state index in [0.29, 0.717) is 5.69 Å². The molecule has 2 aromatic rings. The Morgan fingerprint density at radius 3 is 2.75 bits per heavy atom. The van der Waals surface area contributed by atoms with Crippen LogP contribution >= 0.6 is 0 Å². The number of hydrogen-bond acceptors (Lipinski definition) is 5. The average Bonchev–Trinajstić information content (AvgIpc) is 2.95. The number of nitrogens with zero attached hydrogens (tertiary/aromatic N) is 3. The molecular formula is C17H19N3O4. The number of likely N-dealkylation sites (N-methyl/N-ethyl adjacent to an activating group) is 1. The van der Waals surface area contributed by atoms with Gasteiger partial charge in [0.05, 0.1) is 24.2 Å². The van der Waals surface area contributed by atoms with Crippen LogP contribution in [-0.4, -0.2) is 75.7 Å². The number of para-hydroxylation sites is 1. The third-order valence-electron chi connectivity index (χ3n) is 4.31. The summed E-state index contributed by atoms with van der Waals surface area (Å²) in [7, 11) is 1.63. The van der Waals surface area contributed by atoms with Gasteiger partial charge in [-0.25, -0.2) is 4.98 Å². The van der Waals surface area contributed by atoms with E-state index in [-0.39, 0.29) is 25.5 Å². The molecule has 3 rings (SSSR count). The minimum Gasteiger partial charge on any atom is -0.480 e. The highest BCUT2D eigenvalue weighted by Gasteiger charge is 2.37. The quantitative estimate of drug-likeness (QED) is 0.845. The number of carboxylic acid groups (broad SMARTS) is 1. The number of carbonyl (C=O) groups is 2. The molecule has 0 saturated carbocycles. The van der Waals surface area contributed by atoms with Gasteiger partial charge in [0, 0.05) is 18.5 Å². The van der Waals surface area contributed by atoms with Gasteiger partial charge in [0.15, 0.2) is 0 Å². The average molecular weight is 329 g/mol. The number of aliphatic carboxylic acids is 1. The number of carbonyl (C=O) groups excluding carboxylic acids is 1. The Hall–Kier alpha value is -2.51. The number of aromatic nitrogens is 1. The number of benzene rings is 1. The predicted octanol–water partition coefficient (Wildman–Crippen LogP) is 0.436. The molecule has 2 atom stereocenters. The first-order valence-corrected chi connectivity index (χ1v) is 7.71. The number of fused-ring (bicyclic) bond motifs is 1.